The lowest BCUT2D eigenvalue weighted by atomic mass is 9.87. The number of likely N-dealkylation sites (tertiary alicyclic amines) is 1. The topological polar surface area (TPSA) is 29.3 Å². The third kappa shape index (κ3) is 2.48. The molecular formula is C12H24N2. The predicted octanol–water partition coefficient (Wildman–Crippen LogP) is 1.99. The molecule has 1 saturated carbocycles. The molecule has 14 heavy (non-hydrogen) atoms. The zero-order valence-corrected chi connectivity index (χ0v) is 9.25. The summed E-state index contributed by atoms with van der Waals surface area (Å²) in [7, 11) is 0. The molecule has 0 spiro atoms. The van der Waals surface area contributed by atoms with E-state index in [1.54, 1.807) is 0 Å². The number of nitrogens with two attached hydrogens (primary N) is 1. The maximum absolute atomic E-state index is 5.61. The summed E-state index contributed by atoms with van der Waals surface area (Å²) in [6, 6.07) is 0.835. The molecule has 2 N–H and O–H groups in total. The molecule has 0 aromatic rings. The minimum atomic E-state index is 0.835. The Morgan fingerprint density at radius 1 is 1.07 bits per heavy atom. The third-order valence-corrected chi connectivity index (χ3v) is 3.98. The van der Waals surface area contributed by atoms with Crippen LogP contribution in [-0.4, -0.2) is 30.6 Å². The molecule has 0 aromatic heterocycles. The van der Waals surface area contributed by atoms with Crippen LogP contribution in [0.5, 0.6) is 0 Å². The normalized spacial score (nSPS) is 30.2. The van der Waals surface area contributed by atoms with E-state index < -0.39 is 0 Å². The van der Waals surface area contributed by atoms with Gasteiger partial charge in [-0.25, -0.2) is 0 Å². The molecule has 1 aliphatic heterocycles. The highest BCUT2D eigenvalue weighted by Gasteiger charge is 2.29. The van der Waals surface area contributed by atoms with Crippen molar-refractivity contribution < 1.29 is 0 Å². The summed E-state index contributed by atoms with van der Waals surface area (Å²) < 4.78 is 0. The summed E-state index contributed by atoms with van der Waals surface area (Å²) in [5, 5.41) is 0. The summed E-state index contributed by atoms with van der Waals surface area (Å²) in [6.07, 6.45) is 9.98. The van der Waals surface area contributed by atoms with Crippen molar-refractivity contribution >= 4 is 0 Å². The number of nitrogens with zero attached hydrogens (tertiary/aromatic N) is 1. The van der Waals surface area contributed by atoms with Gasteiger partial charge in [-0.05, 0) is 44.7 Å². The zero-order valence-electron chi connectivity index (χ0n) is 9.25. The lowest BCUT2D eigenvalue weighted by Crippen LogP contribution is -2.50. The van der Waals surface area contributed by atoms with Crippen molar-refractivity contribution in [1.29, 1.82) is 0 Å². The van der Waals surface area contributed by atoms with Crippen molar-refractivity contribution in [3.05, 3.63) is 0 Å². The average Bonchev–Trinajstić information content (AvgIpc) is 2.23. The third-order valence-electron chi connectivity index (χ3n) is 3.98. The Bertz CT molecular complexity index is 164. The van der Waals surface area contributed by atoms with Crippen molar-refractivity contribution in [2.24, 2.45) is 11.7 Å². The average molecular weight is 196 g/mol. The van der Waals surface area contributed by atoms with Gasteiger partial charge >= 0.3 is 0 Å². The molecule has 2 aliphatic rings. The molecule has 1 unspecified atom stereocenters. The molecule has 2 fully saturated rings. The molecule has 2 heteroatoms. The van der Waals surface area contributed by atoms with Crippen molar-refractivity contribution in [3.8, 4) is 0 Å². The molecule has 1 atom stereocenters. The van der Waals surface area contributed by atoms with E-state index >= 15 is 0 Å². The lowest BCUT2D eigenvalue weighted by molar-refractivity contribution is 0.0590. The van der Waals surface area contributed by atoms with Gasteiger partial charge in [0, 0.05) is 12.6 Å². The highest BCUT2D eigenvalue weighted by atomic mass is 15.2. The van der Waals surface area contributed by atoms with Gasteiger partial charge in [0.1, 0.15) is 0 Å². The molecule has 2 nitrogen and oxygen atoms in total. The SMILES string of the molecule is NCCC1CCN1CC1CCCCC1. The van der Waals surface area contributed by atoms with Gasteiger partial charge in [0.05, 0.1) is 0 Å². The molecule has 1 aliphatic carbocycles. The molecule has 0 amide bonds. The lowest BCUT2D eigenvalue weighted by Gasteiger charge is -2.43. The van der Waals surface area contributed by atoms with Crippen LogP contribution < -0.4 is 5.73 Å². The second-order valence-electron chi connectivity index (χ2n) is 5.02. The van der Waals surface area contributed by atoms with Crippen LogP contribution in [0.15, 0.2) is 0 Å². The van der Waals surface area contributed by atoms with Gasteiger partial charge in [-0.3, -0.25) is 4.90 Å². The first-order valence-corrected chi connectivity index (χ1v) is 6.34. The first-order chi connectivity index (χ1) is 6.90. The van der Waals surface area contributed by atoms with Crippen LogP contribution in [0.3, 0.4) is 0 Å². The minimum Gasteiger partial charge on any atom is -0.330 e. The van der Waals surface area contributed by atoms with Crippen LogP contribution in [0.4, 0.5) is 0 Å². The highest BCUT2D eigenvalue weighted by molar-refractivity contribution is 4.84. The first-order valence-electron chi connectivity index (χ1n) is 6.34. The van der Waals surface area contributed by atoms with E-state index in [0.29, 0.717) is 0 Å². The summed E-state index contributed by atoms with van der Waals surface area (Å²) >= 11 is 0. The van der Waals surface area contributed by atoms with Crippen LogP contribution in [0.2, 0.25) is 0 Å². The standard InChI is InChI=1S/C12H24N2/c13-8-6-12-7-9-14(12)10-11-4-2-1-3-5-11/h11-12H,1-10,13H2. The van der Waals surface area contributed by atoms with Crippen molar-refractivity contribution in [2.45, 2.75) is 51.0 Å². The van der Waals surface area contributed by atoms with Gasteiger partial charge in [0.25, 0.3) is 0 Å². The Morgan fingerprint density at radius 2 is 1.86 bits per heavy atom. The summed E-state index contributed by atoms with van der Waals surface area (Å²) in [4.78, 5) is 2.67. The maximum Gasteiger partial charge on any atom is 0.0120 e. The van der Waals surface area contributed by atoms with E-state index in [-0.39, 0.29) is 0 Å². The van der Waals surface area contributed by atoms with Gasteiger partial charge in [-0.15, -0.1) is 0 Å². The molecule has 82 valence electrons. The van der Waals surface area contributed by atoms with E-state index in [0.717, 1.165) is 18.5 Å². The predicted molar refractivity (Wildman–Crippen MR) is 60.2 cm³/mol. The Balaban J connectivity index is 1.68. The summed E-state index contributed by atoms with van der Waals surface area (Å²) in [5.41, 5.74) is 5.61. The Labute approximate surface area is 87.8 Å². The fourth-order valence-electron chi connectivity index (χ4n) is 2.96. The van der Waals surface area contributed by atoms with Crippen molar-refractivity contribution in [1.82, 2.24) is 4.90 Å². The van der Waals surface area contributed by atoms with Gasteiger partial charge in [0.2, 0.25) is 0 Å². The minimum absolute atomic E-state index is 0.835. The van der Waals surface area contributed by atoms with E-state index in [4.69, 9.17) is 5.73 Å². The van der Waals surface area contributed by atoms with Gasteiger partial charge in [0.15, 0.2) is 0 Å². The van der Waals surface area contributed by atoms with E-state index in [2.05, 4.69) is 4.90 Å². The number of hydrogen-bond acceptors (Lipinski definition) is 2. The van der Waals surface area contributed by atoms with Gasteiger partial charge in [-0.2, -0.15) is 0 Å². The van der Waals surface area contributed by atoms with Crippen LogP contribution in [0.25, 0.3) is 0 Å². The summed E-state index contributed by atoms with van der Waals surface area (Å²) in [6.45, 7) is 3.57. The highest BCUT2D eigenvalue weighted by Crippen LogP contribution is 2.28. The molecule has 1 saturated heterocycles. The van der Waals surface area contributed by atoms with Crippen LogP contribution in [0, 0.1) is 5.92 Å². The monoisotopic (exact) mass is 196 g/mol. The van der Waals surface area contributed by atoms with E-state index in [1.807, 2.05) is 0 Å². The molecule has 0 radical (unpaired) electrons. The van der Waals surface area contributed by atoms with Gasteiger partial charge < -0.3 is 5.73 Å². The fraction of sp³-hybridized carbons (Fsp3) is 1.00. The van der Waals surface area contributed by atoms with Crippen LogP contribution in [-0.2, 0) is 0 Å². The Hall–Kier alpha value is -0.0800. The largest absolute Gasteiger partial charge is 0.330 e. The van der Waals surface area contributed by atoms with Crippen LogP contribution in [0.1, 0.15) is 44.9 Å². The van der Waals surface area contributed by atoms with E-state index in [1.165, 1.54) is 58.0 Å². The Morgan fingerprint density at radius 3 is 2.43 bits per heavy atom. The maximum atomic E-state index is 5.61. The Kier molecular flexibility index (Phi) is 3.82. The smallest absolute Gasteiger partial charge is 0.0120 e. The second-order valence-corrected chi connectivity index (χ2v) is 5.02. The molecule has 2 rings (SSSR count). The van der Waals surface area contributed by atoms with Gasteiger partial charge in [-0.1, -0.05) is 19.3 Å². The quantitative estimate of drug-likeness (QED) is 0.745. The second kappa shape index (κ2) is 5.13. The molecule has 0 aromatic carbocycles. The molecular weight excluding hydrogens is 172 g/mol. The van der Waals surface area contributed by atoms with E-state index in [9.17, 15) is 0 Å². The first kappa shape index (κ1) is 10.4. The molecule has 0 bridgehead atoms. The number of hydrogen-bond donors (Lipinski definition) is 1. The number of rotatable bonds is 4. The zero-order chi connectivity index (χ0) is 9.80. The molecule has 1 heterocycles. The fourth-order valence-corrected chi connectivity index (χ4v) is 2.96. The van der Waals surface area contributed by atoms with Crippen molar-refractivity contribution in [2.75, 3.05) is 19.6 Å². The van der Waals surface area contributed by atoms with Crippen molar-refractivity contribution in [3.63, 3.8) is 0 Å². The van der Waals surface area contributed by atoms with Crippen LogP contribution >= 0.6 is 0 Å². The summed E-state index contributed by atoms with van der Waals surface area (Å²) in [5.74, 6) is 1.00.